The molecule has 2 aliphatic rings. The van der Waals surface area contributed by atoms with Gasteiger partial charge >= 0.3 is 0 Å². The summed E-state index contributed by atoms with van der Waals surface area (Å²) in [5, 5.41) is 4.13. The highest BCUT2D eigenvalue weighted by Crippen LogP contribution is 2.35. The van der Waals surface area contributed by atoms with E-state index in [2.05, 4.69) is 40.5 Å². The number of aromatic nitrogens is 6. The summed E-state index contributed by atoms with van der Waals surface area (Å²) in [5.41, 5.74) is 0. The van der Waals surface area contributed by atoms with E-state index in [9.17, 15) is 25.9 Å². The van der Waals surface area contributed by atoms with E-state index in [1.807, 2.05) is 0 Å². The minimum absolute atomic E-state index is 0.126. The number of hydrogen-bond donors (Lipinski definition) is 4. The average molecular weight is 597 g/mol. The number of rotatable bonds is 8. The van der Waals surface area contributed by atoms with Crippen molar-refractivity contribution in [1.29, 1.82) is 0 Å². The van der Waals surface area contributed by atoms with E-state index in [1.165, 1.54) is 0 Å². The number of nitrogens with one attached hydrogen (secondary N) is 2. The first-order valence-corrected chi connectivity index (χ1v) is 16.2. The topological polar surface area (TPSA) is 210 Å². The molecule has 2 saturated carbocycles. The van der Waals surface area contributed by atoms with Crippen molar-refractivity contribution < 1.29 is 25.9 Å². The molecule has 6 atom stereocenters. The molecule has 2 aliphatic carbocycles. The lowest BCUT2D eigenvalue weighted by molar-refractivity contribution is 0.347. The van der Waals surface area contributed by atoms with Crippen LogP contribution in [-0.4, -0.2) is 78.4 Å². The van der Waals surface area contributed by atoms with Crippen LogP contribution in [0.4, 0.5) is 11.9 Å². The third-order valence-electron chi connectivity index (χ3n) is 7.44. The first kappa shape index (κ1) is 30.1. The second-order valence-electron chi connectivity index (χ2n) is 10.6. The molecule has 220 valence electrons. The summed E-state index contributed by atoms with van der Waals surface area (Å²) >= 11 is 0. The molecule has 4 N–H and O–H groups in total. The summed E-state index contributed by atoms with van der Waals surface area (Å²) in [6.07, 6.45) is 5.67. The SMILES string of the molecule is Cc1nc(C)nc(NC2CCC(C=CC3CCC(Nc4nc(C)nc(C)n4)CC3S(=O)(=O)O)C(S(=O)(=O)O)C2)n1. The maximum atomic E-state index is 12.3. The minimum Gasteiger partial charge on any atom is -0.351 e. The van der Waals surface area contributed by atoms with Gasteiger partial charge in [-0.2, -0.15) is 36.8 Å². The first-order chi connectivity index (χ1) is 18.7. The minimum atomic E-state index is -4.40. The van der Waals surface area contributed by atoms with E-state index in [1.54, 1.807) is 39.8 Å². The lowest BCUT2D eigenvalue weighted by Crippen LogP contribution is -2.41. The molecule has 6 unspecified atom stereocenters. The van der Waals surface area contributed by atoms with Crippen molar-refractivity contribution in [3.8, 4) is 0 Å². The Bertz CT molecular complexity index is 1320. The maximum Gasteiger partial charge on any atom is 0.268 e. The van der Waals surface area contributed by atoms with Crippen molar-refractivity contribution in [1.82, 2.24) is 29.9 Å². The van der Waals surface area contributed by atoms with Crippen LogP contribution in [0, 0.1) is 39.5 Å². The highest BCUT2D eigenvalue weighted by molar-refractivity contribution is 7.86. The Kier molecular flexibility index (Phi) is 9.02. The van der Waals surface area contributed by atoms with Crippen molar-refractivity contribution in [3.05, 3.63) is 35.4 Å². The van der Waals surface area contributed by atoms with Gasteiger partial charge in [-0.3, -0.25) is 9.11 Å². The zero-order chi connectivity index (χ0) is 29.2. The number of allylic oxidation sites excluding steroid dienone is 2. The summed E-state index contributed by atoms with van der Waals surface area (Å²) in [7, 11) is -8.81. The van der Waals surface area contributed by atoms with Crippen molar-refractivity contribution >= 4 is 32.1 Å². The Hall–Kier alpha value is -2.82. The second-order valence-corrected chi connectivity index (χ2v) is 13.9. The van der Waals surface area contributed by atoms with Crippen LogP contribution in [0.5, 0.6) is 0 Å². The molecule has 14 nitrogen and oxygen atoms in total. The van der Waals surface area contributed by atoms with Gasteiger partial charge in [0.2, 0.25) is 11.9 Å². The van der Waals surface area contributed by atoms with Crippen LogP contribution in [0.15, 0.2) is 12.2 Å². The van der Waals surface area contributed by atoms with E-state index in [-0.39, 0.29) is 24.9 Å². The molecule has 0 aromatic carbocycles. The monoisotopic (exact) mass is 596 g/mol. The van der Waals surface area contributed by atoms with Gasteiger partial charge in [0.05, 0.1) is 10.5 Å². The van der Waals surface area contributed by atoms with Gasteiger partial charge in [0.25, 0.3) is 20.2 Å². The van der Waals surface area contributed by atoms with Crippen molar-refractivity contribution in [2.75, 3.05) is 10.6 Å². The van der Waals surface area contributed by atoms with Crippen LogP contribution in [0.2, 0.25) is 0 Å². The van der Waals surface area contributed by atoms with E-state index in [0.717, 1.165) is 0 Å². The molecule has 2 fully saturated rings. The van der Waals surface area contributed by atoms with Gasteiger partial charge in [0.15, 0.2) is 0 Å². The molecule has 16 heteroatoms. The van der Waals surface area contributed by atoms with Gasteiger partial charge in [-0.05, 0) is 78.1 Å². The number of anilines is 2. The molecule has 0 saturated heterocycles. The summed E-state index contributed by atoms with van der Waals surface area (Å²) in [4.78, 5) is 25.3. The molecule has 0 amide bonds. The van der Waals surface area contributed by atoms with Crippen LogP contribution >= 0.6 is 0 Å². The van der Waals surface area contributed by atoms with Gasteiger partial charge in [-0.15, -0.1) is 0 Å². The predicted octanol–water partition coefficient (Wildman–Crippen LogP) is 2.22. The lowest BCUT2D eigenvalue weighted by atomic mass is 9.81. The summed E-state index contributed by atoms with van der Waals surface area (Å²) in [6.45, 7) is 6.95. The first-order valence-electron chi connectivity index (χ1n) is 13.2. The fraction of sp³-hybridized carbons (Fsp3) is 0.667. The molecule has 2 aromatic rings. The van der Waals surface area contributed by atoms with Crippen LogP contribution in [0.3, 0.4) is 0 Å². The fourth-order valence-electron chi connectivity index (χ4n) is 5.70. The highest BCUT2D eigenvalue weighted by Gasteiger charge is 2.40. The van der Waals surface area contributed by atoms with Gasteiger partial charge in [0.1, 0.15) is 23.3 Å². The molecule has 2 heterocycles. The normalized spacial score (nSPS) is 27.9. The Morgan fingerprint density at radius 2 is 0.925 bits per heavy atom. The second kappa shape index (κ2) is 12.0. The molecule has 0 radical (unpaired) electrons. The van der Waals surface area contributed by atoms with E-state index in [4.69, 9.17) is 0 Å². The lowest BCUT2D eigenvalue weighted by Gasteiger charge is -2.35. The van der Waals surface area contributed by atoms with Gasteiger partial charge in [-0.1, -0.05) is 12.2 Å². The number of aryl methyl sites for hydroxylation is 4. The Morgan fingerprint density at radius 3 is 1.23 bits per heavy atom. The molecule has 0 bridgehead atoms. The third-order valence-corrected chi connectivity index (χ3v) is 10.1. The van der Waals surface area contributed by atoms with E-state index < -0.39 is 42.6 Å². The quantitative estimate of drug-likeness (QED) is 0.254. The predicted molar refractivity (Wildman–Crippen MR) is 148 cm³/mol. The molecular weight excluding hydrogens is 560 g/mol. The van der Waals surface area contributed by atoms with Crippen LogP contribution in [0.25, 0.3) is 0 Å². The van der Waals surface area contributed by atoms with Gasteiger partial charge < -0.3 is 10.6 Å². The van der Waals surface area contributed by atoms with E-state index in [0.29, 0.717) is 60.9 Å². The zero-order valence-electron chi connectivity index (χ0n) is 22.9. The van der Waals surface area contributed by atoms with Crippen molar-refractivity contribution in [2.45, 2.75) is 88.8 Å². The van der Waals surface area contributed by atoms with Gasteiger partial charge in [-0.25, -0.2) is 9.97 Å². The number of hydrogen-bond acceptors (Lipinski definition) is 12. The van der Waals surface area contributed by atoms with Crippen LogP contribution in [-0.2, 0) is 20.2 Å². The fourth-order valence-corrected chi connectivity index (χ4v) is 7.99. The summed E-state index contributed by atoms with van der Waals surface area (Å²) in [5.74, 6) is 1.80. The molecule has 0 spiro atoms. The smallest absolute Gasteiger partial charge is 0.268 e. The van der Waals surface area contributed by atoms with Crippen molar-refractivity contribution in [2.24, 2.45) is 11.8 Å². The molecular formula is C24H36N8O6S2. The summed E-state index contributed by atoms with van der Waals surface area (Å²) < 4.78 is 69.4. The third kappa shape index (κ3) is 7.89. The Balaban J connectivity index is 1.45. The highest BCUT2D eigenvalue weighted by atomic mass is 32.2. The van der Waals surface area contributed by atoms with Crippen LogP contribution < -0.4 is 10.6 Å². The van der Waals surface area contributed by atoms with Crippen molar-refractivity contribution in [3.63, 3.8) is 0 Å². The molecule has 4 rings (SSSR count). The molecule has 0 aliphatic heterocycles. The average Bonchev–Trinajstić information content (AvgIpc) is 2.81. The van der Waals surface area contributed by atoms with E-state index >= 15 is 0 Å². The Morgan fingerprint density at radius 1 is 0.600 bits per heavy atom. The zero-order valence-corrected chi connectivity index (χ0v) is 24.5. The number of nitrogens with zero attached hydrogens (tertiary/aromatic N) is 6. The largest absolute Gasteiger partial charge is 0.351 e. The maximum absolute atomic E-state index is 12.3. The standard InChI is InChI=1S/C24H36N8O6S2/c1-13-25-14(2)28-23(27-13)31-19-9-7-17(21(11-19)39(33,34)35)5-6-18-8-10-20(12-22(18)40(36,37)38)32-24-29-15(3)26-16(4)30-24/h5-6,17-22H,7-12H2,1-4H3,(H,33,34,35)(H,36,37,38)(H,25,27,28,31)(H,26,29,30,32). The molecule has 2 aromatic heterocycles. The van der Waals surface area contributed by atoms with Crippen LogP contribution in [0.1, 0.15) is 61.8 Å². The summed E-state index contributed by atoms with van der Waals surface area (Å²) in [6, 6.07) is -0.569. The Labute approximate surface area is 234 Å². The van der Waals surface area contributed by atoms with Gasteiger partial charge in [0, 0.05) is 12.1 Å². The molecule has 40 heavy (non-hydrogen) atoms.